The van der Waals surface area contributed by atoms with Crippen LogP contribution in [0.25, 0.3) is 16.6 Å². The number of nitrogens with one attached hydrogen (secondary N) is 1. The highest BCUT2D eigenvalue weighted by atomic mass is 35.5. The van der Waals surface area contributed by atoms with Crippen LogP contribution in [-0.4, -0.2) is 20.7 Å². The first kappa shape index (κ1) is 21.2. The molecule has 0 fully saturated rings. The number of carbonyl (C=O) groups excluding carboxylic acids is 1. The Morgan fingerprint density at radius 1 is 1.03 bits per heavy atom. The van der Waals surface area contributed by atoms with Gasteiger partial charge in [0.15, 0.2) is 5.16 Å². The minimum atomic E-state index is -0.459. The molecule has 0 spiro atoms. The molecule has 1 atom stereocenters. The minimum Gasteiger partial charge on any atom is -0.324 e. The second kappa shape index (κ2) is 9.37. The number of carbonyl (C=O) groups is 1. The maximum Gasteiger partial charge on any atom is 0.266 e. The largest absolute Gasteiger partial charge is 0.324 e. The van der Waals surface area contributed by atoms with Gasteiger partial charge in [-0.25, -0.2) is 4.98 Å². The molecule has 0 saturated heterocycles. The van der Waals surface area contributed by atoms with Crippen molar-refractivity contribution in [3.8, 4) is 5.69 Å². The summed E-state index contributed by atoms with van der Waals surface area (Å²) in [5.41, 5.74) is 1.69. The lowest BCUT2D eigenvalue weighted by Crippen LogP contribution is -2.27. The molecule has 0 radical (unpaired) electrons. The standard InChI is InChI=1S/C24H20ClN3O2S/c1-2-21(22(29)26-20-15-9-7-13-18(20)25)31-24-27-19-14-8-6-12-17(19)23(30)28(24)16-10-4-3-5-11-16/h3-15,21H,2H2,1H3,(H,26,29). The van der Waals surface area contributed by atoms with Crippen molar-refractivity contribution in [1.29, 1.82) is 0 Å². The molecule has 1 aromatic heterocycles. The number of thioether (sulfide) groups is 1. The zero-order chi connectivity index (χ0) is 21.8. The third-order valence-electron chi connectivity index (χ3n) is 4.80. The van der Waals surface area contributed by atoms with E-state index in [1.807, 2.05) is 61.5 Å². The number of rotatable bonds is 6. The number of hydrogen-bond donors (Lipinski definition) is 1. The third kappa shape index (κ3) is 4.50. The third-order valence-corrected chi connectivity index (χ3v) is 6.45. The Labute approximate surface area is 189 Å². The normalized spacial score (nSPS) is 11.9. The molecule has 0 aliphatic rings. The zero-order valence-corrected chi connectivity index (χ0v) is 18.4. The zero-order valence-electron chi connectivity index (χ0n) is 16.8. The van der Waals surface area contributed by atoms with E-state index in [4.69, 9.17) is 16.6 Å². The van der Waals surface area contributed by atoms with Crippen LogP contribution in [0.5, 0.6) is 0 Å². The summed E-state index contributed by atoms with van der Waals surface area (Å²) in [6.07, 6.45) is 0.554. The van der Waals surface area contributed by atoms with Crippen molar-refractivity contribution in [3.05, 3.63) is 94.2 Å². The molecular weight excluding hydrogens is 430 g/mol. The lowest BCUT2D eigenvalue weighted by Gasteiger charge is -2.18. The Morgan fingerprint density at radius 3 is 2.45 bits per heavy atom. The van der Waals surface area contributed by atoms with Gasteiger partial charge in [-0.15, -0.1) is 0 Å². The van der Waals surface area contributed by atoms with Gasteiger partial charge in [-0.1, -0.05) is 72.8 Å². The van der Waals surface area contributed by atoms with Gasteiger partial charge in [-0.05, 0) is 42.8 Å². The Kier molecular flexibility index (Phi) is 6.39. The van der Waals surface area contributed by atoms with Gasteiger partial charge in [0.25, 0.3) is 5.56 Å². The average Bonchev–Trinajstić information content (AvgIpc) is 2.79. The Balaban J connectivity index is 1.75. The lowest BCUT2D eigenvalue weighted by molar-refractivity contribution is -0.115. The molecule has 4 aromatic rings. The van der Waals surface area contributed by atoms with Crippen LogP contribution in [0.3, 0.4) is 0 Å². The fourth-order valence-corrected chi connectivity index (χ4v) is 4.44. The van der Waals surface area contributed by atoms with Gasteiger partial charge in [0.1, 0.15) is 0 Å². The van der Waals surface area contributed by atoms with E-state index >= 15 is 0 Å². The fraction of sp³-hybridized carbons (Fsp3) is 0.125. The van der Waals surface area contributed by atoms with Gasteiger partial charge in [-0.2, -0.15) is 0 Å². The molecule has 1 heterocycles. The van der Waals surface area contributed by atoms with E-state index in [1.54, 1.807) is 28.8 Å². The van der Waals surface area contributed by atoms with E-state index in [2.05, 4.69) is 5.32 Å². The number of anilines is 1. The van der Waals surface area contributed by atoms with Crippen molar-refractivity contribution >= 4 is 45.9 Å². The fourth-order valence-electron chi connectivity index (χ4n) is 3.22. The van der Waals surface area contributed by atoms with E-state index in [0.717, 1.165) is 0 Å². The lowest BCUT2D eigenvalue weighted by atomic mass is 10.2. The van der Waals surface area contributed by atoms with Crippen LogP contribution in [-0.2, 0) is 4.79 Å². The summed E-state index contributed by atoms with van der Waals surface area (Å²) in [4.78, 5) is 31.0. The van der Waals surface area contributed by atoms with Crippen molar-refractivity contribution in [2.75, 3.05) is 5.32 Å². The van der Waals surface area contributed by atoms with E-state index < -0.39 is 5.25 Å². The summed E-state index contributed by atoms with van der Waals surface area (Å²) in [6, 6.07) is 23.7. The Bertz CT molecular complexity index is 1290. The summed E-state index contributed by atoms with van der Waals surface area (Å²) >= 11 is 7.46. The highest BCUT2D eigenvalue weighted by molar-refractivity contribution is 8.00. The van der Waals surface area contributed by atoms with Gasteiger partial charge in [0.05, 0.1) is 32.6 Å². The topological polar surface area (TPSA) is 64.0 Å². The van der Waals surface area contributed by atoms with E-state index in [0.29, 0.717) is 38.9 Å². The van der Waals surface area contributed by atoms with Crippen LogP contribution in [0.2, 0.25) is 5.02 Å². The second-order valence-electron chi connectivity index (χ2n) is 6.87. The van der Waals surface area contributed by atoms with E-state index in [9.17, 15) is 9.59 Å². The van der Waals surface area contributed by atoms with Gasteiger partial charge >= 0.3 is 0 Å². The van der Waals surface area contributed by atoms with Crippen molar-refractivity contribution in [1.82, 2.24) is 9.55 Å². The number of benzene rings is 3. The Hall–Kier alpha value is -3.09. The smallest absolute Gasteiger partial charge is 0.266 e. The number of fused-ring (bicyclic) bond motifs is 1. The molecule has 5 nitrogen and oxygen atoms in total. The molecular formula is C24H20ClN3O2S. The molecule has 0 aliphatic heterocycles. The first-order valence-electron chi connectivity index (χ1n) is 9.87. The first-order valence-corrected chi connectivity index (χ1v) is 11.1. The van der Waals surface area contributed by atoms with Crippen LogP contribution in [0, 0.1) is 0 Å². The summed E-state index contributed by atoms with van der Waals surface area (Å²) < 4.78 is 1.57. The highest BCUT2D eigenvalue weighted by Crippen LogP contribution is 2.29. The molecule has 31 heavy (non-hydrogen) atoms. The van der Waals surface area contributed by atoms with E-state index in [1.165, 1.54) is 11.8 Å². The molecule has 0 saturated carbocycles. The molecule has 156 valence electrons. The van der Waals surface area contributed by atoms with Crippen molar-refractivity contribution in [2.24, 2.45) is 0 Å². The molecule has 1 amide bonds. The Morgan fingerprint density at radius 2 is 1.71 bits per heavy atom. The molecule has 0 aliphatic carbocycles. The van der Waals surface area contributed by atoms with Crippen LogP contribution in [0.4, 0.5) is 5.69 Å². The molecule has 1 N–H and O–H groups in total. The quantitative estimate of drug-likeness (QED) is 0.309. The summed E-state index contributed by atoms with van der Waals surface area (Å²) in [6.45, 7) is 1.93. The molecule has 7 heteroatoms. The van der Waals surface area contributed by atoms with Crippen LogP contribution in [0.15, 0.2) is 88.8 Å². The number of nitrogens with zero attached hydrogens (tertiary/aromatic N) is 2. The first-order chi connectivity index (χ1) is 15.1. The summed E-state index contributed by atoms with van der Waals surface area (Å²) in [5, 5.41) is 3.90. The van der Waals surface area contributed by atoms with Crippen molar-refractivity contribution in [2.45, 2.75) is 23.8 Å². The van der Waals surface area contributed by atoms with Crippen LogP contribution < -0.4 is 10.9 Å². The number of para-hydroxylation sites is 3. The van der Waals surface area contributed by atoms with Crippen LogP contribution in [0.1, 0.15) is 13.3 Å². The molecule has 4 rings (SSSR count). The number of amides is 1. The highest BCUT2D eigenvalue weighted by Gasteiger charge is 2.23. The number of halogens is 1. The predicted molar refractivity (Wildman–Crippen MR) is 127 cm³/mol. The maximum absolute atomic E-state index is 13.3. The maximum atomic E-state index is 13.3. The van der Waals surface area contributed by atoms with E-state index in [-0.39, 0.29) is 11.5 Å². The molecule has 1 unspecified atom stereocenters. The van der Waals surface area contributed by atoms with Crippen LogP contribution >= 0.6 is 23.4 Å². The average molecular weight is 450 g/mol. The number of aromatic nitrogens is 2. The second-order valence-corrected chi connectivity index (χ2v) is 8.45. The van der Waals surface area contributed by atoms with Gasteiger partial charge in [0.2, 0.25) is 5.91 Å². The minimum absolute atomic E-state index is 0.166. The summed E-state index contributed by atoms with van der Waals surface area (Å²) in [5.74, 6) is -0.192. The molecule has 3 aromatic carbocycles. The van der Waals surface area contributed by atoms with Gasteiger partial charge in [0, 0.05) is 0 Å². The monoisotopic (exact) mass is 449 g/mol. The summed E-state index contributed by atoms with van der Waals surface area (Å²) in [7, 11) is 0. The SMILES string of the molecule is CCC(Sc1nc2ccccc2c(=O)n1-c1ccccc1)C(=O)Nc1ccccc1Cl. The van der Waals surface area contributed by atoms with Crippen molar-refractivity contribution in [3.63, 3.8) is 0 Å². The predicted octanol–water partition coefficient (Wildman–Crippen LogP) is 5.55. The van der Waals surface area contributed by atoms with Gasteiger partial charge in [-0.3, -0.25) is 14.2 Å². The van der Waals surface area contributed by atoms with Gasteiger partial charge < -0.3 is 5.32 Å². The molecule has 0 bridgehead atoms. The van der Waals surface area contributed by atoms with Crippen molar-refractivity contribution < 1.29 is 4.79 Å². The number of hydrogen-bond acceptors (Lipinski definition) is 4.